The molecule has 1 aromatic heterocycles. The van der Waals surface area contributed by atoms with Crippen molar-refractivity contribution in [3.63, 3.8) is 0 Å². The normalized spacial score (nSPS) is 12.2. The van der Waals surface area contributed by atoms with Gasteiger partial charge in [-0.3, -0.25) is 9.79 Å². The average Bonchev–Trinajstić information content (AvgIpc) is 2.95. The number of aromatic nitrogens is 2. The van der Waals surface area contributed by atoms with Gasteiger partial charge in [0.1, 0.15) is 5.82 Å². The smallest absolute Gasteiger partial charge is 0.272 e. The fraction of sp³-hybridized carbons (Fsp3) is 0.280. The van der Waals surface area contributed by atoms with E-state index >= 15 is 0 Å². The standard InChI is InChI=1S/C25H25N5O/c1-3-12-29(13-4-2)20-8-6-19(7-9-20)25-21-15-18(16-26)5-10-22(21)30-14-11-24(31)28-23(30)17-27-25/h5-11,14-15H,3-4,12-13,17H2,1-2H3. The Kier molecular flexibility index (Phi) is 5.94. The SMILES string of the molecule is CCCN(CCC)c1ccc(C2=NCc3nc(=O)ccn3-c3ccc(C#N)cc32)cc1. The lowest BCUT2D eigenvalue weighted by Crippen LogP contribution is -2.24. The number of nitriles is 1. The molecule has 2 heterocycles. The van der Waals surface area contributed by atoms with Crippen LogP contribution in [0, 0.1) is 11.3 Å². The number of hydrogen-bond acceptors (Lipinski definition) is 5. The van der Waals surface area contributed by atoms with Gasteiger partial charge in [-0.2, -0.15) is 10.2 Å². The van der Waals surface area contributed by atoms with Crippen molar-refractivity contribution in [1.82, 2.24) is 9.55 Å². The van der Waals surface area contributed by atoms with Crippen molar-refractivity contribution in [3.8, 4) is 11.8 Å². The molecule has 1 aliphatic rings. The third-order valence-electron chi connectivity index (χ3n) is 5.40. The molecule has 156 valence electrons. The van der Waals surface area contributed by atoms with Crippen LogP contribution in [0.1, 0.15) is 49.2 Å². The molecule has 4 rings (SSSR count). The van der Waals surface area contributed by atoms with Crippen LogP contribution in [-0.4, -0.2) is 28.4 Å². The van der Waals surface area contributed by atoms with Gasteiger partial charge in [-0.15, -0.1) is 0 Å². The van der Waals surface area contributed by atoms with Crippen LogP contribution in [0.15, 0.2) is 64.5 Å². The Morgan fingerprint density at radius 2 is 1.81 bits per heavy atom. The van der Waals surface area contributed by atoms with Crippen LogP contribution in [-0.2, 0) is 6.54 Å². The summed E-state index contributed by atoms with van der Waals surface area (Å²) in [4.78, 5) is 23.2. The average molecular weight is 412 g/mol. The Hall–Kier alpha value is -3.72. The zero-order valence-corrected chi connectivity index (χ0v) is 17.9. The van der Waals surface area contributed by atoms with Crippen LogP contribution in [0.3, 0.4) is 0 Å². The summed E-state index contributed by atoms with van der Waals surface area (Å²) in [5.41, 5.74) is 4.98. The largest absolute Gasteiger partial charge is 0.372 e. The van der Waals surface area contributed by atoms with Crippen LogP contribution in [0.25, 0.3) is 5.69 Å². The van der Waals surface area contributed by atoms with Crippen LogP contribution in [0.2, 0.25) is 0 Å². The lowest BCUT2D eigenvalue weighted by Gasteiger charge is -2.24. The topological polar surface area (TPSA) is 74.3 Å². The van der Waals surface area contributed by atoms with E-state index in [4.69, 9.17) is 4.99 Å². The fourth-order valence-corrected chi connectivity index (χ4v) is 4.00. The molecule has 6 heteroatoms. The van der Waals surface area contributed by atoms with Crippen LogP contribution >= 0.6 is 0 Å². The van der Waals surface area contributed by atoms with Gasteiger partial charge < -0.3 is 9.47 Å². The highest BCUT2D eigenvalue weighted by Gasteiger charge is 2.20. The van der Waals surface area contributed by atoms with Gasteiger partial charge in [-0.05, 0) is 43.2 Å². The van der Waals surface area contributed by atoms with Crippen LogP contribution in [0.4, 0.5) is 5.69 Å². The minimum absolute atomic E-state index is 0.281. The molecule has 0 N–H and O–H groups in total. The molecule has 0 unspecified atom stereocenters. The van der Waals surface area contributed by atoms with Gasteiger partial charge in [0.25, 0.3) is 5.56 Å². The van der Waals surface area contributed by atoms with Gasteiger partial charge in [0.05, 0.1) is 29.6 Å². The first-order valence-electron chi connectivity index (χ1n) is 10.7. The number of fused-ring (bicyclic) bond motifs is 3. The van der Waals surface area contributed by atoms with Crippen molar-refractivity contribution in [2.24, 2.45) is 4.99 Å². The molecule has 0 aliphatic carbocycles. The zero-order valence-electron chi connectivity index (χ0n) is 17.9. The molecule has 0 fully saturated rings. The molecule has 2 aromatic carbocycles. The lowest BCUT2D eigenvalue weighted by molar-refractivity contribution is 0.745. The van der Waals surface area contributed by atoms with Crippen LogP contribution in [0.5, 0.6) is 0 Å². The first kappa shape index (κ1) is 20.5. The summed E-state index contributed by atoms with van der Waals surface area (Å²) in [7, 11) is 0. The Morgan fingerprint density at radius 1 is 1.06 bits per heavy atom. The van der Waals surface area contributed by atoms with E-state index in [0.29, 0.717) is 17.9 Å². The second kappa shape index (κ2) is 8.97. The van der Waals surface area contributed by atoms with E-state index in [0.717, 1.165) is 48.5 Å². The molecule has 0 atom stereocenters. The zero-order chi connectivity index (χ0) is 21.8. The minimum atomic E-state index is -0.281. The van der Waals surface area contributed by atoms with Crippen LogP contribution < -0.4 is 10.5 Å². The van der Waals surface area contributed by atoms with Gasteiger partial charge in [-0.1, -0.05) is 26.0 Å². The summed E-state index contributed by atoms with van der Waals surface area (Å²) >= 11 is 0. The Bertz CT molecular complexity index is 1210. The van der Waals surface area contributed by atoms with E-state index in [-0.39, 0.29) is 5.56 Å². The summed E-state index contributed by atoms with van der Waals surface area (Å²) in [5.74, 6) is 0.585. The molecule has 31 heavy (non-hydrogen) atoms. The number of nitrogens with zero attached hydrogens (tertiary/aromatic N) is 5. The lowest BCUT2D eigenvalue weighted by atomic mass is 9.98. The predicted molar refractivity (Wildman–Crippen MR) is 123 cm³/mol. The molecular formula is C25H25N5O. The van der Waals surface area contributed by atoms with Crippen molar-refractivity contribution in [1.29, 1.82) is 5.26 Å². The van der Waals surface area contributed by atoms with Gasteiger partial charge in [0, 0.05) is 42.2 Å². The third kappa shape index (κ3) is 4.13. The summed E-state index contributed by atoms with van der Waals surface area (Å²) in [5, 5.41) is 9.44. The van der Waals surface area contributed by atoms with E-state index < -0.39 is 0 Å². The molecule has 0 amide bonds. The number of aliphatic imine (C=N–C) groups is 1. The third-order valence-corrected chi connectivity index (χ3v) is 5.40. The van der Waals surface area contributed by atoms with E-state index in [1.807, 2.05) is 16.7 Å². The summed E-state index contributed by atoms with van der Waals surface area (Å²) < 4.78 is 1.88. The number of benzene rings is 2. The molecule has 0 spiro atoms. The second-order valence-electron chi connectivity index (χ2n) is 7.59. The Labute approximate surface area is 182 Å². The quantitative estimate of drug-likeness (QED) is 0.613. The molecule has 1 aliphatic heterocycles. The Morgan fingerprint density at radius 3 is 2.48 bits per heavy atom. The summed E-state index contributed by atoms with van der Waals surface area (Å²) in [6.07, 6.45) is 3.93. The van der Waals surface area contributed by atoms with Crippen molar-refractivity contribution in [3.05, 3.63) is 87.6 Å². The highest BCUT2D eigenvalue weighted by atomic mass is 16.1. The number of rotatable bonds is 6. The van der Waals surface area contributed by atoms with E-state index in [9.17, 15) is 10.1 Å². The molecule has 3 aromatic rings. The first-order chi connectivity index (χ1) is 15.1. The van der Waals surface area contributed by atoms with Crippen molar-refractivity contribution < 1.29 is 0 Å². The van der Waals surface area contributed by atoms with Crippen molar-refractivity contribution in [2.75, 3.05) is 18.0 Å². The minimum Gasteiger partial charge on any atom is -0.372 e. The summed E-state index contributed by atoms with van der Waals surface area (Å²) in [6.45, 7) is 6.73. The molecule has 6 nitrogen and oxygen atoms in total. The molecule has 0 saturated heterocycles. The maximum absolute atomic E-state index is 11.8. The van der Waals surface area contributed by atoms with Gasteiger partial charge in [-0.25, -0.2) is 0 Å². The van der Waals surface area contributed by atoms with E-state index in [2.05, 4.69) is 54.1 Å². The summed E-state index contributed by atoms with van der Waals surface area (Å²) in [6, 6.07) is 17.6. The van der Waals surface area contributed by atoms with Gasteiger partial charge in [0.15, 0.2) is 0 Å². The second-order valence-corrected chi connectivity index (χ2v) is 7.59. The van der Waals surface area contributed by atoms with Gasteiger partial charge in [0.2, 0.25) is 0 Å². The molecule has 0 bridgehead atoms. The first-order valence-corrected chi connectivity index (χ1v) is 10.7. The van der Waals surface area contributed by atoms with Gasteiger partial charge >= 0.3 is 0 Å². The monoisotopic (exact) mass is 411 g/mol. The van der Waals surface area contributed by atoms with E-state index in [1.165, 1.54) is 11.8 Å². The highest BCUT2D eigenvalue weighted by Crippen LogP contribution is 2.26. The highest BCUT2D eigenvalue weighted by molar-refractivity contribution is 6.15. The maximum atomic E-state index is 11.8. The molecule has 0 saturated carbocycles. The predicted octanol–water partition coefficient (Wildman–Crippen LogP) is 4.08. The number of anilines is 1. The maximum Gasteiger partial charge on any atom is 0.272 e. The van der Waals surface area contributed by atoms with E-state index in [1.54, 1.807) is 12.3 Å². The Balaban J connectivity index is 1.80. The number of hydrogen-bond donors (Lipinski definition) is 0. The molecule has 0 radical (unpaired) electrons. The van der Waals surface area contributed by atoms with Crippen molar-refractivity contribution in [2.45, 2.75) is 33.2 Å². The molecular weight excluding hydrogens is 386 g/mol. The fourth-order valence-electron chi connectivity index (χ4n) is 4.00. The van der Waals surface area contributed by atoms with Crippen molar-refractivity contribution >= 4 is 11.4 Å².